The van der Waals surface area contributed by atoms with E-state index >= 15 is 0 Å². The van der Waals surface area contributed by atoms with Gasteiger partial charge in [-0.3, -0.25) is 9.59 Å². The summed E-state index contributed by atoms with van der Waals surface area (Å²) in [5.41, 5.74) is 9.52. The molecule has 0 spiro atoms. The van der Waals surface area contributed by atoms with E-state index in [-0.39, 0.29) is 5.91 Å². The van der Waals surface area contributed by atoms with Gasteiger partial charge in [0.25, 0.3) is 5.91 Å². The van der Waals surface area contributed by atoms with E-state index in [9.17, 15) is 9.59 Å². The number of carbonyl (C=O) groups excluding carboxylic acids is 2. The van der Waals surface area contributed by atoms with Gasteiger partial charge in [-0.05, 0) is 37.0 Å². The number of primary amides is 1. The summed E-state index contributed by atoms with van der Waals surface area (Å²) < 4.78 is 1.80. The largest absolute Gasteiger partial charge is 0.387 e. The first-order valence-electron chi connectivity index (χ1n) is 9.25. The van der Waals surface area contributed by atoms with E-state index in [0.717, 1.165) is 35.3 Å². The van der Waals surface area contributed by atoms with Crippen molar-refractivity contribution in [1.29, 1.82) is 0 Å². The molecule has 3 N–H and O–H groups in total. The van der Waals surface area contributed by atoms with Crippen LogP contribution in [0.2, 0.25) is 0 Å². The maximum atomic E-state index is 11.8. The molecule has 0 bridgehead atoms. The fourth-order valence-corrected chi connectivity index (χ4v) is 3.42. The number of carbonyl (C=O) groups is 2. The van der Waals surface area contributed by atoms with Crippen molar-refractivity contribution >= 4 is 11.8 Å². The van der Waals surface area contributed by atoms with Crippen LogP contribution in [0.4, 0.5) is 0 Å². The molecule has 28 heavy (non-hydrogen) atoms. The van der Waals surface area contributed by atoms with Gasteiger partial charge in [0.2, 0.25) is 5.91 Å². The van der Waals surface area contributed by atoms with Crippen molar-refractivity contribution in [2.75, 3.05) is 20.2 Å². The average Bonchev–Trinajstić information content (AvgIpc) is 3.21. The van der Waals surface area contributed by atoms with E-state index in [4.69, 9.17) is 10.8 Å². The van der Waals surface area contributed by atoms with Crippen molar-refractivity contribution in [3.63, 3.8) is 0 Å². The summed E-state index contributed by atoms with van der Waals surface area (Å²) >= 11 is 0. The molecule has 3 rings (SSSR count). The molecule has 7 heteroatoms. The van der Waals surface area contributed by atoms with Crippen molar-refractivity contribution in [2.45, 2.75) is 26.2 Å². The molecule has 0 saturated carbocycles. The molecule has 0 fully saturated rings. The van der Waals surface area contributed by atoms with Crippen LogP contribution in [0.25, 0.3) is 5.69 Å². The van der Waals surface area contributed by atoms with Gasteiger partial charge in [0, 0.05) is 36.8 Å². The maximum Gasteiger partial charge on any atom is 0.269 e. The zero-order chi connectivity index (χ0) is 20.3. The second kappa shape index (κ2) is 8.28. The molecular weight excluding hydrogens is 356 g/mol. The van der Waals surface area contributed by atoms with Gasteiger partial charge < -0.3 is 15.7 Å². The lowest BCUT2D eigenvalue weighted by Gasteiger charge is -2.13. The van der Waals surface area contributed by atoms with Crippen LogP contribution in [0.15, 0.2) is 24.3 Å². The molecule has 1 aliphatic carbocycles. The standard InChI is InChI=1S/C21H24N4O3/c1-14-10-17-18(11-14)25(23-20(17)21(22)28)16-8-5-7-15(12-16)6-3-4-9-24(2)19(27)13-26/h5,7-8,12,14,26H,4,9-11,13H2,1-2H3,(H2,22,28)/t14-/m0/s1. The van der Waals surface area contributed by atoms with Gasteiger partial charge in [0.05, 0.1) is 5.69 Å². The summed E-state index contributed by atoms with van der Waals surface area (Å²) in [4.78, 5) is 24.5. The monoisotopic (exact) mass is 380 g/mol. The second-order valence-electron chi connectivity index (χ2n) is 7.14. The van der Waals surface area contributed by atoms with Crippen LogP contribution in [0.1, 0.15) is 40.7 Å². The van der Waals surface area contributed by atoms with Crippen molar-refractivity contribution < 1.29 is 14.7 Å². The molecule has 0 aliphatic heterocycles. The molecule has 1 aliphatic rings. The summed E-state index contributed by atoms with van der Waals surface area (Å²) in [5.74, 6) is 5.77. The number of hydrogen-bond acceptors (Lipinski definition) is 4. The average molecular weight is 380 g/mol. The first kappa shape index (κ1) is 19.6. The van der Waals surface area contributed by atoms with Crippen LogP contribution in [0, 0.1) is 17.8 Å². The minimum Gasteiger partial charge on any atom is -0.387 e. The Morgan fingerprint density at radius 1 is 1.39 bits per heavy atom. The van der Waals surface area contributed by atoms with Crippen LogP contribution in [-0.4, -0.2) is 51.8 Å². The molecule has 0 radical (unpaired) electrons. The number of likely N-dealkylation sites (N-methyl/N-ethyl adjacent to an activating group) is 1. The van der Waals surface area contributed by atoms with Crippen LogP contribution in [0.3, 0.4) is 0 Å². The van der Waals surface area contributed by atoms with Gasteiger partial charge in [-0.2, -0.15) is 5.10 Å². The Morgan fingerprint density at radius 3 is 2.89 bits per heavy atom. The first-order chi connectivity index (χ1) is 13.4. The Morgan fingerprint density at radius 2 is 2.18 bits per heavy atom. The molecule has 0 saturated heterocycles. The van der Waals surface area contributed by atoms with Crippen molar-refractivity contribution in [1.82, 2.24) is 14.7 Å². The third-order valence-electron chi connectivity index (χ3n) is 4.87. The maximum absolute atomic E-state index is 11.8. The SMILES string of the molecule is C[C@H]1Cc2c(C(N)=O)nn(-c3cccc(C#CCCN(C)C(=O)CO)c3)c2C1. The van der Waals surface area contributed by atoms with E-state index in [1.54, 1.807) is 11.7 Å². The highest BCUT2D eigenvalue weighted by Gasteiger charge is 2.29. The molecule has 2 aromatic rings. The minimum absolute atomic E-state index is 0.323. The third-order valence-corrected chi connectivity index (χ3v) is 4.87. The Bertz CT molecular complexity index is 968. The highest BCUT2D eigenvalue weighted by molar-refractivity contribution is 5.92. The fraction of sp³-hybridized carbons (Fsp3) is 0.381. The van der Waals surface area contributed by atoms with Crippen molar-refractivity contribution in [3.05, 3.63) is 46.8 Å². The van der Waals surface area contributed by atoms with E-state index in [0.29, 0.717) is 24.6 Å². The summed E-state index contributed by atoms with van der Waals surface area (Å²) in [6.45, 7) is 2.11. The number of rotatable bonds is 5. The van der Waals surface area contributed by atoms with Crippen LogP contribution in [0.5, 0.6) is 0 Å². The molecular formula is C21H24N4O3. The van der Waals surface area contributed by atoms with E-state index in [1.807, 2.05) is 24.3 Å². The Labute approximate surface area is 164 Å². The number of aliphatic hydroxyl groups excluding tert-OH is 1. The summed E-state index contributed by atoms with van der Waals surface area (Å²) in [6.07, 6.45) is 2.18. The van der Waals surface area contributed by atoms with E-state index in [1.165, 1.54) is 4.90 Å². The number of amides is 2. The molecule has 7 nitrogen and oxygen atoms in total. The molecule has 2 amide bonds. The number of nitrogens with two attached hydrogens (primary N) is 1. The highest BCUT2D eigenvalue weighted by atomic mass is 16.3. The van der Waals surface area contributed by atoms with Crippen LogP contribution < -0.4 is 5.73 Å². The molecule has 1 heterocycles. The number of nitrogens with zero attached hydrogens (tertiary/aromatic N) is 3. The Balaban J connectivity index is 1.80. The zero-order valence-corrected chi connectivity index (χ0v) is 16.1. The van der Waals surface area contributed by atoms with Gasteiger partial charge in [0.1, 0.15) is 6.61 Å². The molecule has 1 atom stereocenters. The van der Waals surface area contributed by atoms with Gasteiger partial charge in [0.15, 0.2) is 5.69 Å². The predicted molar refractivity (Wildman–Crippen MR) is 105 cm³/mol. The Hall–Kier alpha value is -3.11. The third kappa shape index (κ3) is 4.07. The quantitative estimate of drug-likeness (QED) is 0.753. The summed E-state index contributed by atoms with van der Waals surface area (Å²) in [6, 6.07) is 7.66. The number of benzene rings is 1. The normalized spacial score (nSPS) is 14.9. The lowest BCUT2D eigenvalue weighted by Crippen LogP contribution is -2.29. The van der Waals surface area contributed by atoms with Gasteiger partial charge in [-0.1, -0.05) is 24.8 Å². The summed E-state index contributed by atoms with van der Waals surface area (Å²) in [7, 11) is 1.64. The number of hydrogen-bond donors (Lipinski definition) is 2. The summed E-state index contributed by atoms with van der Waals surface area (Å²) in [5, 5.41) is 13.3. The lowest BCUT2D eigenvalue weighted by atomic mass is 10.1. The van der Waals surface area contributed by atoms with Crippen LogP contribution in [-0.2, 0) is 17.6 Å². The number of aliphatic hydroxyl groups is 1. The topological polar surface area (TPSA) is 101 Å². The number of fused-ring (bicyclic) bond motifs is 1. The van der Waals surface area contributed by atoms with E-state index in [2.05, 4.69) is 23.9 Å². The van der Waals surface area contributed by atoms with E-state index < -0.39 is 12.5 Å². The van der Waals surface area contributed by atoms with Gasteiger partial charge in [-0.25, -0.2) is 4.68 Å². The smallest absolute Gasteiger partial charge is 0.269 e. The second-order valence-corrected chi connectivity index (χ2v) is 7.14. The highest BCUT2D eigenvalue weighted by Crippen LogP contribution is 2.31. The van der Waals surface area contributed by atoms with Crippen molar-refractivity contribution in [2.24, 2.45) is 11.7 Å². The molecule has 0 unspecified atom stereocenters. The van der Waals surface area contributed by atoms with Gasteiger partial charge >= 0.3 is 0 Å². The fourth-order valence-electron chi connectivity index (χ4n) is 3.42. The minimum atomic E-state index is -0.499. The van der Waals surface area contributed by atoms with Gasteiger partial charge in [-0.15, -0.1) is 0 Å². The zero-order valence-electron chi connectivity index (χ0n) is 16.1. The first-order valence-corrected chi connectivity index (χ1v) is 9.25. The Kier molecular flexibility index (Phi) is 5.81. The molecule has 1 aromatic carbocycles. The lowest BCUT2D eigenvalue weighted by molar-refractivity contribution is -0.132. The van der Waals surface area contributed by atoms with Crippen LogP contribution >= 0.6 is 0 Å². The number of aromatic nitrogens is 2. The predicted octanol–water partition coefficient (Wildman–Crippen LogP) is 0.898. The molecule has 146 valence electrons. The van der Waals surface area contributed by atoms with Crippen molar-refractivity contribution in [3.8, 4) is 17.5 Å². The molecule has 1 aromatic heterocycles.